The lowest BCUT2D eigenvalue weighted by molar-refractivity contribution is -0.117. The number of Topliss-reactive ketones (excluding diaryl/α,β-unsaturated/α-hetero) is 1. The highest BCUT2D eigenvalue weighted by Crippen LogP contribution is 2.24. The van der Waals surface area contributed by atoms with Crippen LogP contribution in [0.1, 0.15) is 42.1 Å². The molecule has 0 bridgehead atoms. The molecule has 1 unspecified atom stereocenters. The lowest BCUT2D eigenvalue weighted by Crippen LogP contribution is -2.37. The van der Waals surface area contributed by atoms with Gasteiger partial charge in [0.25, 0.3) is 5.91 Å². The van der Waals surface area contributed by atoms with E-state index in [0.717, 1.165) is 12.8 Å². The van der Waals surface area contributed by atoms with Crippen molar-refractivity contribution in [1.29, 1.82) is 0 Å². The van der Waals surface area contributed by atoms with Crippen molar-refractivity contribution in [1.82, 2.24) is 4.90 Å². The molecule has 0 aromatic heterocycles. The predicted octanol–water partition coefficient (Wildman–Crippen LogP) is 2.72. The number of benzene rings is 1. The van der Waals surface area contributed by atoms with Gasteiger partial charge in [-0.15, -0.1) is 0 Å². The maximum atomic E-state index is 14.0. The fourth-order valence-electron chi connectivity index (χ4n) is 2.61. The lowest BCUT2D eigenvalue weighted by Gasteiger charge is -2.24. The molecule has 1 fully saturated rings. The van der Waals surface area contributed by atoms with E-state index in [9.17, 15) is 14.0 Å². The van der Waals surface area contributed by atoms with Gasteiger partial charge in [0.05, 0.1) is 5.56 Å². The number of aryl methyl sites for hydroxylation is 1. The standard InChI is InChI=1S/C15H18FNO2/c1-10-5-3-7-13(14(10)16)15(19)17-8-4-6-12(17)9-11(2)18/h3,5,7,12H,4,6,8-9H2,1-2H3. The first-order valence-electron chi connectivity index (χ1n) is 6.56. The van der Waals surface area contributed by atoms with Crippen molar-refractivity contribution in [2.24, 2.45) is 0 Å². The highest BCUT2D eigenvalue weighted by atomic mass is 19.1. The minimum atomic E-state index is -0.457. The molecule has 1 aliphatic heterocycles. The second-order valence-electron chi connectivity index (χ2n) is 5.14. The Bertz CT molecular complexity index is 513. The number of nitrogens with zero attached hydrogens (tertiary/aromatic N) is 1. The van der Waals surface area contributed by atoms with Crippen LogP contribution >= 0.6 is 0 Å². The number of rotatable bonds is 3. The first-order valence-corrected chi connectivity index (χ1v) is 6.56. The van der Waals surface area contributed by atoms with Crippen molar-refractivity contribution >= 4 is 11.7 Å². The van der Waals surface area contributed by atoms with Gasteiger partial charge >= 0.3 is 0 Å². The SMILES string of the molecule is CC(=O)CC1CCCN1C(=O)c1cccc(C)c1F. The number of carbonyl (C=O) groups excluding carboxylic acids is 2. The van der Waals surface area contributed by atoms with Crippen molar-refractivity contribution in [2.45, 2.75) is 39.2 Å². The summed E-state index contributed by atoms with van der Waals surface area (Å²) in [6, 6.07) is 4.75. The number of hydrogen-bond donors (Lipinski definition) is 0. The third-order valence-corrected chi connectivity index (χ3v) is 3.58. The number of carbonyl (C=O) groups is 2. The summed E-state index contributed by atoms with van der Waals surface area (Å²) in [7, 11) is 0. The monoisotopic (exact) mass is 263 g/mol. The fourth-order valence-corrected chi connectivity index (χ4v) is 2.61. The van der Waals surface area contributed by atoms with E-state index in [4.69, 9.17) is 0 Å². The van der Waals surface area contributed by atoms with Crippen LogP contribution in [-0.4, -0.2) is 29.2 Å². The Labute approximate surface area is 112 Å². The Morgan fingerprint density at radius 3 is 2.84 bits per heavy atom. The van der Waals surface area contributed by atoms with E-state index in [2.05, 4.69) is 0 Å². The molecule has 1 aliphatic rings. The van der Waals surface area contributed by atoms with Crippen LogP contribution in [-0.2, 0) is 4.79 Å². The molecule has 0 aliphatic carbocycles. The third-order valence-electron chi connectivity index (χ3n) is 3.58. The van der Waals surface area contributed by atoms with E-state index in [-0.39, 0.29) is 23.3 Å². The molecule has 19 heavy (non-hydrogen) atoms. The Morgan fingerprint density at radius 2 is 2.16 bits per heavy atom. The quantitative estimate of drug-likeness (QED) is 0.841. The van der Waals surface area contributed by atoms with E-state index in [0.29, 0.717) is 18.5 Å². The van der Waals surface area contributed by atoms with Crippen molar-refractivity contribution in [2.75, 3.05) is 6.54 Å². The number of halogens is 1. The molecule has 1 amide bonds. The summed E-state index contributed by atoms with van der Waals surface area (Å²) in [5.41, 5.74) is 0.573. The van der Waals surface area contributed by atoms with Crippen LogP contribution in [0.4, 0.5) is 4.39 Å². The zero-order chi connectivity index (χ0) is 14.0. The topological polar surface area (TPSA) is 37.4 Å². The van der Waals surface area contributed by atoms with Crippen LogP contribution < -0.4 is 0 Å². The molecule has 1 heterocycles. The molecular formula is C15H18FNO2. The van der Waals surface area contributed by atoms with Gasteiger partial charge in [-0.3, -0.25) is 9.59 Å². The Hall–Kier alpha value is -1.71. The van der Waals surface area contributed by atoms with Crippen LogP contribution in [0.25, 0.3) is 0 Å². The second kappa shape index (κ2) is 5.51. The van der Waals surface area contributed by atoms with Crippen molar-refractivity contribution in [3.05, 3.63) is 35.1 Å². The molecule has 1 aromatic carbocycles. The number of amides is 1. The number of ketones is 1. The second-order valence-corrected chi connectivity index (χ2v) is 5.14. The van der Waals surface area contributed by atoms with Crippen molar-refractivity contribution in [3.63, 3.8) is 0 Å². The molecule has 0 spiro atoms. The molecule has 102 valence electrons. The maximum Gasteiger partial charge on any atom is 0.257 e. The smallest absolute Gasteiger partial charge is 0.257 e. The zero-order valence-corrected chi connectivity index (χ0v) is 11.3. The average molecular weight is 263 g/mol. The first kappa shape index (κ1) is 13.7. The molecule has 1 aromatic rings. The first-order chi connectivity index (χ1) is 9.00. The van der Waals surface area contributed by atoms with E-state index in [1.807, 2.05) is 0 Å². The van der Waals surface area contributed by atoms with Gasteiger partial charge in [-0.25, -0.2) is 4.39 Å². The van der Waals surface area contributed by atoms with Gasteiger partial charge in [0.1, 0.15) is 11.6 Å². The largest absolute Gasteiger partial charge is 0.335 e. The van der Waals surface area contributed by atoms with Gasteiger partial charge in [-0.1, -0.05) is 12.1 Å². The average Bonchev–Trinajstić information content (AvgIpc) is 2.79. The van der Waals surface area contributed by atoms with Gasteiger partial charge in [0, 0.05) is 19.0 Å². The molecule has 0 saturated carbocycles. The third kappa shape index (κ3) is 2.83. The van der Waals surface area contributed by atoms with Gasteiger partial charge in [0.15, 0.2) is 0 Å². The molecular weight excluding hydrogens is 245 g/mol. The normalized spacial score (nSPS) is 18.7. The van der Waals surface area contributed by atoms with E-state index in [1.54, 1.807) is 24.0 Å². The summed E-state index contributed by atoms with van der Waals surface area (Å²) < 4.78 is 14.0. The molecule has 4 heteroatoms. The summed E-state index contributed by atoms with van der Waals surface area (Å²) in [5.74, 6) is -0.694. The molecule has 1 atom stereocenters. The predicted molar refractivity (Wildman–Crippen MR) is 70.5 cm³/mol. The maximum absolute atomic E-state index is 14.0. The van der Waals surface area contributed by atoms with E-state index in [1.165, 1.54) is 13.0 Å². The van der Waals surface area contributed by atoms with Gasteiger partial charge in [-0.05, 0) is 38.3 Å². The highest BCUT2D eigenvalue weighted by Gasteiger charge is 2.31. The summed E-state index contributed by atoms with van der Waals surface area (Å²) in [5, 5.41) is 0. The summed E-state index contributed by atoms with van der Waals surface area (Å²) in [4.78, 5) is 25.2. The highest BCUT2D eigenvalue weighted by molar-refractivity contribution is 5.95. The van der Waals surface area contributed by atoms with Gasteiger partial charge < -0.3 is 4.90 Å². The fraction of sp³-hybridized carbons (Fsp3) is 0.467. The molecule has 2 rings (SSSR count). The Balaban J connectivity index is 2.23. The zero-order valence-electron chi connectivity index (χ0n) is 11.3. The van der Waals surface area contributed by atoms with Crippen molar-refractivity contribution in [3.8, 4) is 0 Å². The number of likely N-dealkylation sites (tertiary alicyclic amines) is 1. The van der Waals surface area contributed by atoms with Gasteiger partial charge in [-0.2, -0.15) is 0 Å². The van der Waals surface area contributed by atoms with E-state index >= 15 is 0 Å². The number of hydrogen-bond acceptors (Lipinski definition) is 2. The Morgan fingerprint density at radius 1 is 1.42 bits per heavy atom. The molecule has 0 radical (unpaired) electrons. The van der Waals surface area contributed by atoms with Gasteiger partial charge in [0.2, 0.25) is 0 Å². The van der Waals surface area contributed by atoms with Crippen LogP contribution in [0.3, 0.4) is 0 Å². The van der Waals surface area contributed by atoms with Crippen LogP contribution in [0.5, 0.6) is 0 Å². The van der Waals surface area contributed by atoms with Crippen LogP contribution in [0.2, 0.25) is 0 Å². The van der Waals surface area contributed by atoms with Crippen molar-refractivity contribution < 1.29 is 14.0 Å². The van der Waals surface area contributed by atoms with Crippen LogP contribution in [0, 0.1) is 12.7 Å². The molecule has 1 saturated heterocycles. The summed E-state index contributed by atoms with van der Waals surface area (Å²) in [6.07, 6.45) is 2.05. The van der Waals surface area contributed by atoms with Crippen LogP contribution in [0.15, 0.2) is 18.2 Å². The summed E-state index contributed by atoms with van der Waals surface area (Å²) >= 11 is 0. The summed E-state index contributed by atoms with van der Waals surface area (Å²) in [6.45, 7) is 3.77. The lowest BCUT2D eigenvalue weighted by atomic mass is 10.1. The minimum Gasteiger partial charge on any atom is -0.335 e. The minimum absolute atomic E-state index is 0.0643. The molecule has 3 nitrogen and oxygen atoms in total. The molecule has 0 N–H and O–H groups in total. The Kier molecular flexibility index (Phi) is 3.98. The van der Waals surface area contributed by atoms with E-state index < -0.39 is 5.82 Å².